The Morgan fingerprint density at radius 3 is 2.29 bits per heavy atom. The molecule has 0 bridgehead atoms. The minimum atomic E-state index is -0.304. The van der Waals surface area contributed by atoms with Crippen molar-refractivity contribution < 1.29 is 9.47 Å². The fourth-order valence-corrected chi connectivity index (χ4v) is 5.05. The molecule has 0 fully saturated rings. The van der Waals surface area contributed by atoms with Crippen LogP contribution in [0.25, 0.3) is 0 Å². The molecular formula is C36H48O2. The highest BCUT2D eigenvalue weighted by molar-refractivity contribution is 5.59. The van der Waals surface area contributed by atoms with E-state index in [1.807, 2.05) is 6.07 Å². The van der Waals surface area contributed by atoms with Crippen molar-refractivity contribution in [1.82, 2.24) is 0 Å². The average molecular weight is 513 g/mol. The molecule has 38 heavy (non-hydrogen) atoms. The monoisotopic (exact) mass is 512 g/mol. The average Bonchev–Trinajstić information content (AvgIpc) is 2.87. The molecule has 0 saturated heterocycles. The number of hydrogen-bond donors (Lipinski definition) is 0. The third kappa shape index (κ3) is 8.25. The van der Waals surface area contributed by atoms with Gasteiger partial charge in [0.2, 0.25) is 0 Å². The summed E-state index contributed by atoms with van der Waals surface area (Å²) in [7, 11) is 0. The number of rotatable bonds is 11. The highest BCUT2D eigenvalue weighted by Gasteiger charge is 2.32. The molecule has 0 spiro atoms. The Hall–Kier alpha value is -3.00. The van der Waals surface area contributed by atoms with Crippen LogP contribution >= 0.6 is 0 Å². The summed E-state index contributed by atoms with van der Waals surface area (Å²) >= 11 is 0. The SMILES string of the molecule is CC(C)=CCCC(C)=CCCC(C)=CC=CC1(C)CCc2c(C)c(OCc3ccccc3)c(C)c(C)c2O1. The minimum absolute atomic E-state index is 0.304. The summed E-state index contributed by atoms with van der Waals surface area (Å²) in [6.07, 6.45) is 17.8. The van der Waals surface area contributed by atoms with Gasteiger partial charge in [0, 0.05) is 5.56 Å². The summed E-state index contributed by atoms with van der Waals surface area (Å²) < 4.78 is 13.0. The maximum absolute atomic E-state index is 6.69. The van der Waals surface area contributed by atoms with Crippen LogP contribution in [0.4, 0.5) is 0 Å². The van der Waals surface area contributed by atoms with Gasteiger partial charge in [0.15, 0.2) is 0 Å². The lowest BCUT2D eigenvalue weighted by Gasteiger charge is -2.36. The highest BCUT2D eigenvalue weighted by Crippen LogP contribution is 2.44. The van der Waals surface area contributed by atoms with Crippen LogP contribution in [-0.2, 0) is 13.0 Å². The van der Waals surface area contributed by atoms with Gasteiger partial charge in [-0.15, -0.1) is 0 Å². The molecule has 2 aromatic rings. The van der Waals surface area contributed by atoms with Gasteiger partial charge in [-0.2, -0.15) is 0 Å². The van der Waals surface area contributed by atoms with Crippen molar-refractivity contribution in [1.29, 1.82) is 0 Å². The molecule has 0 radical (unpaired) electrons. The molecule has 0 aliphatic carbocycles. The van der Waals surface area contributed by atoms with Gasteiger partial charge < -0.3 is 9.47 Å². The van der Waals surface area contributed by atoms with Crippen molar-refractivity contribution in [2.75, 3.05) is 0 Å². The number of ether oxygens (including phenoxy) is 2. The second kappa shape index (κ2) is 13.7. The fraction of sp³-hybridized carbons (Fsp3) is 0.444. The zero-order valence-corrected chi connectivity index (χ0v) is 25.0. The summed E-state index contributed by atoms with van der Waals surface area (Å²) in [6.45, 7) is 18.1. The summed E-state index contributed by atoms with van der Waals surface area (Å²) in [5.41, 5.74) is 10.0. The summed E-state index contributed by atoms with van der Waals surface area (Å²) in [5, 5.41) is 0. The van der Waals surface area contributed by atoms with E-state index in [1.165, 1.54) is 44.5 Å². The molecule has 0 aromatic heterocycles. The number of hydrogen-bond acceptors (Lipinski definition) is 2. The summed E-state index contributed by atoms with van der Waals surface area (Å²) in [4.78, 5) is 0. The molecule has 2 heteroatoms. The van der Waals surface area contributed by atoms with Crippen molar-refractivity contribution in [3.8, 4) is 11.5 Å². The Morgan fingerprint density at radius 1 is 0.895 bits per heavy atom. The molecule has 1 unspecified atom stereocenters. The van der Waals surface area contributed by atoms with Crippen molar-refractivity contribution in [2.24, 2.45) is 0 Å². The molecule has 0 saturated carbocycles. The van der Waals surface area contributed by atoms with Crippen LogP contribution in [0.3, 0.4) is 0 Å². The third-order valence-corrected chi connectivity index (χ3v) is 7.70. The van der Waals surface area contributed by atoms with Crippen LogP contribution < -0.4 is 9.47 Å². The largest absolute Gasteiger partial charge is 0.488 e. The molecule has 1 heterocycles. The lowest BCUT2D eigenvalue weighted by atomic mass is 9.87. The molecule has 3 rings (SSSR count). The second-order valence-corrected chi connectivity index (χ2v) is 11.5. The van der Waals surface area contributed by atoms with E-state index < -0.39 is 0 Å². The van der Waals surface area contributed by atoms with E-state index in [9.17, 15) is 0 Å². The Morgan fingerprint density at radius 2 is 1.58 bits per heavy atom. The molecule has 2 aromatic carbocycles. The number of fused-ring (bicyclic) bond motifs is 1. The van der Waals surface area contributed by atoms with E-state index in [4.69, 9.17) is 9.47 Å². The Bertz CT molecular complexity index is 1210. The predicted octanol–water partition coefficient (Wildman–Crippen LogP) is 10.2. The van der Waals surface area contributed by atoms with Crippen LogP contribution in [0.2, 0.25) is 0 Å². The molecule has 1 aliphatic heterocycles. The van der Waals surface area contributed by atoms with Gasteiger partial charge in [-0.3, -0.25) is 0 Å². The second-order valence-electron chi connectivity index (χ2n) is 11.5. The predicted molar refractivity (Wildman–Crippen MR) is 163 cm³/mol. The third-order valence-electron chi connectivity index (χ3n) is 7.70. The first-order valence-corrected chi connectivity index (χ1v) is 14.2. The van der Waals surface area contributed by atoms with E-state index in [2.05, 4.69) is 110 Å². The highest BCUT2D eigenvalue weighted by atomic mass is 16.5. The van der Waals surface area contributed by atoms with Crippen LogP contribution in [0, 0.1) is 20.8 Å². The Labute approximate surface area is 232 Å². The molecule has 2 nitrogen and oxygen atoms in total. The zero-order chi connectivity index (χ0) is 27.7. The van der Waals surface area contributed by atoms with Crippen LogP contribution in [-0.4, -0.2) is 5.60 Å². The van der Waals surface area contributed by atoms with Crippen molar-refractivity contribution in [3.05, 3.63) is 105 Å². The normalized spacial score (nSPS) is 17.8. The standard InChI is InChI=1S/C36H48O2/c1-26(2)15-12-16-27(3)17-13-18-28(4)19-14-23-36(8)24-22-33-31(7)34(29(5)30(6)35(33)38-36)37-25-32-20-10-9-11-21-32/h9-11,14-15,17,19-21,23H,12-13,16,18,22,24-25H2,1-8H3. The van der Waals surface area contributed by atoms with E-state index in [-0.39, 0.29) is 5.60 Å². The first kappa shape index (κ1) is 29.6. The van der Waals surface area contributed by atoms with Crippen molar-refractivity contribution in [2.45, 2.75) is 106 Å². The lowest BCUT2D eigenvalue weighted by Crippen LogP contribution is -2.35. The molecule has 0 N–H and O–H groups in total. The van der Waals surface area contributed by atoms with E-state index in [0.29, 0.717) is 6.61 Å². The van der Waals surface area contributed by atoms with Gasteiger partial charge in [0.05, 0.1) is 0 Å². The van der Waals surface area contributed by atoms with Gasteiger partial charge in [-0.05, 0) is 122 Å². The van der Waals surface area contributed by atoms with E-state index in [0.717, 1.165) is 50.0 Å². The van der Waals surface area contributed by atoms with Crippen molar-refractivity contribution in [3.63, 3.8) is 0 Å². The first-order valence-electron chi connectivity index (χ1n) is 14.2. The quantitative estimate of drug-likeness (QED) is 0.220. The molecule has 204 valence electrons. The summed E-state index contributed by atoms with van der Waals surface area (Å²) in [5.74, 6) is 2.05. The van der Waals surface area contributed by atoms with Gasteiger partial charge in [0.25, 0.3) is 0 Å². The van der Waals surface area contributed by atoms with Crippen molar-refractivity contribution >= 4 is 0 Å². The first-order chi connectivity index (χ1) is 18.1. The summed E-state index contributed by atoms with van der Waals surface area (Å²) in [6, 6.07) is 10.4. The molecule has 1 atom stereocenters. The molecule has 1 aliphatic rings. The van der Waals surface area contributed by atoms with Gasteiger partial charge in [-0.25, -0.2) is 0 Å². The fourth-order valence-electron chi connectivity index (χ4n) is 5.05. The number of benzene rings is 2. The van der Waals surface area contributed by atoms with Crippen LogP contribution in [0.5, 0.6) is 11.5 Å². The zero-order valence-electron chi connectivity index (χ0n) is 25.0. The molecular weight excluding hydrogens is 464 g/mol. The smallest absolute Gasteiger partial charge is 0.127 e. The van der Waals surface area contributed by atoms with Crippen LogP contribution in [0.15, 0.2) is 77.4 Å². The molecule has 0 amide bonds. The van der Waals surface area contributed by atoms with Gasteiger partial charge >= 0.3 is 0 Å². The van der Waals surface area contributed by atoms with Crippen LogP contribution in [0.1, 0.15) is 94.5 Å². The van der Waals surface area contributed by atoms with E-state index >= 15 is 0 Å². The maximum atomic E-state index is 6.69. The Kier molecular flexibility index (Phi) is 10.6. The lowest BCUT2D eigenvalue weighted by molar-refractivity contribution is 0.112. The topological polar surface area (TPSA) is 18.5 Å². The minimum Gasteiger partial charge on any atom is -0.488 e. The van der Waals surface area contributed by atoms with Gasteiger partial charge in [0.1, 0.15) is 23.7 Å². The number of allylic oxidation sites excluding steroid dienone is 7. The maximum Gasteiger partial charge on any atom is 0.127 e. The Balaban J connectivity index is 1.63. The van der Waals surface area contributed by atoms with E-state index in [1.54, 1.807) is 0 Å². The van der Waals surface area contributed by atoms with Gasteiger partial charge in [-0.1, -0.05) is 71.4 Å².